The Hall–Kier alpha value is -1.11. The molecule has 0 radical (unpaired) electrons. The second-order valence-corrected chi connectivity index (χ2v) is 6.78. The van der Waals surface area contributed by atoms with E-state index in [1.807, 2.05) is 13.0 Å². The van der Waals surface area contributed by atoms with Crippen LogP contribution in [-0.4, -0.2) is 34.2 Å². The number of anilines is 1. The van der Waals surface area contributed by atoms with Crippen molar-refractivity contribution in [2.45, 2.75) is 37.6 Å². The Morgan fingerprint density at radius 1 is 1.45 bits per heavy atom. The fourth-order valence-electron chi connectivity index (χ4n) is 2.30. The molecular weight excluding hydrogens is 276 g/mol. The first-order valence-electron chi connectivity index (χ1n) is 7.00. The van der Waals surface area contributed by atoms with Crippen LogP contribution in [0.3, 0.4) is 0 Å². The monoisotopic (exact) mass is 298 g/mol. The van der Waals surface area contributed by atoms with Gasteiger partial charge in [0.05, 0.1) is 4.90 Å². The fourth-order valence-corrected chi connectivity index (χ4v) is 3.43. The van der Waals surface area contributed by atoms with Crippen molar-refractivity contribution >= 4 is 15.7 Å². The summed E-state index contributed by atoms with van der Waals surface area (Å²) in [5.41, 5.74) is 2.10. The number of benzene rings is 1. The van der Waals surface area contributed by atoms with Crippen LogP contribution < -0.4 is 10.0 Å². The predicted octanol–water partition coefficient (Wildman–Crippen LogP) is 1.75. The molecule has 1 aliphatic heterocycles. The van der Waals surface area contributed by atoms with Crippen LogP contribution in [0.25, 0.3) is 0 Å². The van der Waals surface area contributed by atoms with Crippen molar-refractivity contribution in [2.24, 2.45) is 0 Å². The van der Waals surface area contributed by atoms with Crippen LogP contribution in [0.5, 0.6) is 0 Å². The molecular formula is C14H22N2O3S. The highest BCUT2D eigenvalue weighted by Crippen LogP contribution is 2.27. The highest BCUT2D eigenvalue weighted by Gasteiger charge is 2.20. The normalized spacial score (nSPS) is 17.8. The molecule has 1 atom stereocenters. The SMILES string of the molecule is CCOCCCNS(=O)(=O)c1ccc2c(c1)C[C@@H](C)N2. The Morgan fingerprint density at radius 3 is 3.00 bits per heavy atom. The summed E-state index contributed by atoms with van der Waals surface area (Å²) in [5, 5.41) is 3.31. The molecule has 0 aromatic heterocycles. The molecule has 0 saturated carbocycles. The quantitative estimate of drug-likeness (QED) is 0.753. The molecule has 5 nitrogen and oxygen atoms in total. The molecule has 2 rings (SSSR count). The van der Waals surface area contributed by atoms with Crippen LogP contribution in [-0.2, 0) is 21.2 Å². The molecule has 1 aromatic carbocycles. The maximum Gasteiger partial charge on any atom is 0.240 e. The van der Waals surface area contributed by atoms with E-state index in [0.717, 1.165) is 17.7 Å². The summed E-state index contributed by atoms with van der Waals surface area (Å²) in [6.07, 6.45) is 1.54. The molecule has 0 spiro atoms. The lowest BCUT2D eigenvalue weighted by Crippen LogP contribution is -2.25. The van der Waals surface area contributed by atoms with Crippen LogP contribution in [0.15, 0.2) is 23.1 Å². The number of hydrogen-bond acceptors (Lipinski definition) is 4. The number of sulfonamides is 1. The first kappa shape index (κ1) is 15.3. The van der Waals surface area contributed by atoms with Gasteiger partial charge in [-0.1, -0.05) is 0 Å². The van der Waals surface area contributed by atoms with Crippen molar-refractivity contribution in [1.29, 1.82) is 0 Å². The van der Waals surface area contributed by atoms with Gasteiger partial charge in [-0.3, -0.25) is 0 Å². The van der Waals surface area contributed by atoms with Gasteiger partial charge >= 0.3 is 0 Å². The number of rotatable bonds is 7. The van der Waals surface area contributed by atoms with Crippen molar-refractivity contribution in [3.05, 3.63) is 23.8 Å². The zero-order valence-corrected chi connectivity index (χ0v) is 12.8. The Labute approximate surface area is 120 Å². The Kier molecular flexibility index (Phi) is 5.01. The molecule has 1 aromatic rings. The van der Waals surface area contributed by atoms with Gasteiger partial charge in [0, 0.05) is 31.5 Å². The number of hydrogen-bond donors (Lipinski definition) is 2. The molecule has 20 heavy (non-hydrogen) atoms. The maximum atomic E-state index is 12.2. The van der Waals surface area contributed by atoms with Crippen LogP contribution in [0.1, 0.15) is 25.8 Å². The van der Waals surface area contributed by atoms with Crippen LogP contribution in [0.4, 0.5) is 5.69 Å². The molecule has 2 N–H and O–H groups in total. The molecule has 0 aliphatic carbocycles. The second kappa shape index (κ2) is 6.56. The standard InChI is InChI=1S/C14H22N2O3S/c1-3-19-8-4-7-15-20(17,18)13-5-6-14-12(10-13)9-11(2)16-14/h5-6,10-11,15-16H,3-4,7-9H2,1-2H3/t11-/m1/s1. The fraction of sp³-hybridized carbons (Fsp3) is 0.571. The molecule has 112 valence electrons. The zero-order valence-electron chi connectivity index (χ0n) is 12.0. The molecule has 0 bridgehead atoms. The third-order valence-electron chi connectivity index (χ3n) is 3.28. The summed E-state index contributed by atoms with van der Waals surface area (Å²) in [6.45, 7) is 5.63. The Balaban J connectivity index is 1.98. The minimum Gasteiger partial charge on any atom is -0.382 e. The average molecular weight is 298 g/mol. The Morgan fingerprint density at radius 2 is 2.25 bits per heavy atom. The van der Waals surface area contributed by atoms with Crippen molar-refractivity contribution in [2.75, 3.05) is 25.1 Å². The number of nitrogens with one attached hydrogen (secondary N) is 2. The molecule has 0 unspecified atom stereocenters. The highest BCUT2D eigenvalue weighted by molar-refractivity contribution is 7.89. The van der Waals surface area contributed by atoms with Gasteiger partial charge in [-0.2, -0.15) is 0 Å². The lowest BCUT2D eigenvalue weighted by atomic mass is 10.1. The second-order valence-electron chi connectivity index (χ2n) is 5.02. The summed E-state index contributed by atoms with van der Waals surface area (Å²) >= 11 is 0. The number of ether oxygens (including phenoxy) is 1. The summed E-state index contributed by atoms with van der Waals surface area (Å²) in [5.74, 6) is 0. The topological polar surface area (TPSA) is 67.4 Å². The van der Waals surface area contributed by atoms with Gasteiger partial charge < -0.3 is 10.1 Å². The third kappa shape index (κ3) is 3.71. The first-order valence-corrected chi connectivity index (χ1v) is 8.48. The van der Waals surface area contributed by atoms with Gasteiger partial charge in [0.1, 0.15) is 0 Å². The summed E-state index contributed by atoms with van der Waals surface area (Å²) in [6, 6.07) is 5.61. The van der Waals surface area contributed by atoms with Gasteiger partial charge in [-0.05, 0) is 50.5 Å². The molecule has 0 amide bonds. The van der Waals surface area contributed by atoms with Crippen molar-refractivity contribution in [3.8, 4) is 0 Å². The van der Waals surface area contributed by atoms with Gasteiger partial charge in [-0.15, -0.1) is 0 Å². The van der Waals surface area contributed by atoms with Crippen molar-refractivity contribution < 1.29 is 13.2 Å². The minimum absolute atomic E-state index is 0.337. The minimum atomic E-state index is -3.42. The third-order valence-corrected chi connectivity index (χ3v) is 4.74. The largest absolute Gasteiger partial charge is 0.382 e. The van der Waals surface area contributed by atoms with E-state index < -0.39 is 10.0 Å². The van der Waals surface area contributed by atoms with E-state index in [9.17, 15) is 8.42 Å². The zero-order chi connectivity index (χ0) is 14.6. The van der Waals surface area contributed by atoms with Gasteiger partial charge in [0.2, 0.25) is 10.0 Å². The van der Waals surface area contributed by atoms with E-state index in [1.54, 1.807) is 12.1 Å². The lowest BCUT2D eigenvalue weighted by Gasteiger charge is -2.08. The van der Waals surface area contributed by atoms with E-state index in [0.29, 0.717) is 37.1 Å². The van der Waals surface area contributed by atoms with Crippen LogP contribution >= 0.6 is 0 Å². The van der Waals surface area contributed by atoms with E-state index >= 15 is 0 Å². The van der Waals surface area contributed by atoms with Gasteiger partial charge in [0.25, 0.3) is 0 Å². The van der Waals surface area contributed by atoms with E-state index in [2.05, 4.69) is 17.0 Å². The van der Waals surface area contributed by atoms with Crippen LogP contribution in [0.2, 0.25) is 0 Å². The maximum absolute atomic E-state index is 12.2. The first-order chi connectivity index (χ1) is 9.53. The predicted molar refractivity (Wildman–Crippen MR) is 79.5 cm³/mol. The van der Waals surface area contributed by atoms with Gasteiger partial charge in [0.15, 0.2) is 0 Å². The summed E-state index contributed by atoms with van der Waals surface area (Å²) in [7, 11) is -3.42. The average Bonchev–Trinajstić information content (AvgIpc) is 2.77. The molecule has 0 saturated heterocycles. The van der Waals surface area contributed by atoms with Crippen LogP contribution in [0, 0.1) is 0 Å². The highest BCUT2D eigenvalue weighted by atomic mass is 32.2. The Bertz CT molecular complexity index is 558. The summed E-state index contributed by atoms with van der Waals surface area (Å²) < 4.78 is 32.1. The smallest absolute Gasteiger partial charge is 0.240 e. The number of fused-ring (bicyclic) bond motifs is 1. The summed E-state index contributed by atoms with van der Waals surface area (Å²) in [4.78, 5) is 0.337. The molecule has 6 heteroatoms. The van der Waals surface area contributed by atoms with Gasteiger partial charge in [-0.25, -0.2) is 13.1 Å². The van der Waals surface area contributed by atoms with E-state index in [4.69, 9.17) is 4.74 Å². The molecule has 0 fully saturated rings. The molecule has 1 aliphatic rings. The van der Waals surface area contributed by atoms with Crippen molar-refractivity contribution in [1.82, 2.24) is 4.72 Å². The lowest BCUT2D eigenvalue weighted by molar-refractivity contribution is 0.146. The van der Waals surface area contributed by atoms with Crippen molar-refractivity contribution in [3.63, 3.8) is 0 Å². The van der Waals surface area contributed by atoms with E-state index in [1.165, 1.54) is 0 Å². The molecule has 1 heterocycles. The van der Waals surface area contributed by atoms with E-state index in [-0.39, 0.29) is 0 Å².